The van der Waals surface area contributed by atoms with Crippen LogP contribution in [0, 0.1) is 5.92 Å². The maximum atomic E-state index is 12.1. The van der Waals surface area contributed by atoms with Gasteiger partial charge in [-0.2, -0.15) is 8.78 Å². The van der Waals surface area contributed by atoms with Crippen LogP contribution in [0.4, 0.5) is 8.78 Å². The van der Waals surface area contributed by atoms with Gasteiger partial charge in [-0.25, -0.2) is 0 Å². The SMILES string of the molecule is FC(F)Oc1ccc(CN2CCC(NCC3CC3)CC2)cc1. The average molecular weight is 310 g/mol. The summed E-state index contributed by atoms with van der Waals surface area (Å²) in [4.78, 5) is 2.43. The number of nitrogens with one attached hydrogen (secondary N) is 1. The highest BCUT2D eigenvalue weighted by molar-refractivity contribution is 5.27. The zero-order chi connectivity index (χ0) is 15.4. The molecule has 0 atom stereocenters. The molecule has 1 saturated carbocycles. The zero-order valence-electron chi connectivity index (χ0n) is 12.8. The Balaban J connectivity index is 1.39. The number of nitrogens with zero attached hydrogens (tertiary/aromatic N) is 1. The van der Waals surface area contributed by atoms with Crippen molar-refractivity contribution in [2.75, 3.05) is 19.6 Å². The molecule has 0 radical (unpaired) electrons. The number of alkyl halides is 2. The van der Waals surface area contributed by atoms with E-state index < -0.39 is 6.61 Å². The first kappa shape index (κ1) is 15.7. The van der Waals surface area contributed by atoms with Crippen molar-refractivity contribution in [2.24, 2.45) is 5.92 Å². The summed E-state index contributed by atoms with van der Waals surface area (Å²) >= 11 is 0. The number of hydrogen-bond acceptors (Lipinski definition) is 3. The van der Waals surface area contributed by atoms with Crippen LogP contribution < -0.4 is 10.1 Å². The summed E-state index contributed by atoms with van der Waals surface area (Å²) in [6, 6.07) is 7.64. The number of rotatable bonds is 7. The third-order valence-electron chi connectivity index (χ3n) is 4.53. The van der Waals surface area contributed by atoms with Crippen LogP contribution in [0.15, 0.2) is 24.3 Å². The molecule has 0 unspecified atom stereocenters. The molecule has 2 fully saturated rings. The lowest BCUT2D eigenvalue weighted by Gasteiger charge is -2.32. The monoisotopic (exact) mass is 310 g/mol. The van der Waals surface area contributed by atoms with E-state index in [-0.39, 0.29) is 5.75 Å². The Bertz CT molecular complexity index is 454. The molecule has 122 valence electrons. The first-order valence-electron chi connectivity index (χ1n) is 8.18. The summed E-state index contributed by atoms with van der Waals surface area (Å²) in [7, 11) is 0. The molecule has 2 aliphatic rings. The van der Waals surface area contributed by atoms with Gasteiger partial charge in [0.1, 0.15) is 5.75 Å². The minimum atomic E-state index is -2.76. The summed E-state index contributed by atoms with van der Waals surface area (Å²) in [5.74, 6) is 1.16. The van der Waals surface area contributed by atoms with Gasteiger partial charge in [0.2, 0.25) is 0 Å². The lowest BCUT2D eigenvalue weighted by Crippen LogP contribution is -2.42. The molecule has 5 heteroatoms. The van der Waals surface area contributed by atoms with Gasteiger partial charge in [-0.3, -0.25) is 4.90 Å². The van der Waals surface area contributed by atoms with Gasteiger partial charge in [-0.1, -0.05) is 12.1 Å². The minimum absolute atomic E-state index is 0.224. The van der Waals surface area contributed by atoms with E-state index in [9.17, 15) is 8.78 Å². The Morgan fingerprint density at radius 2 is 1.77 bits per heavy atom. The van der Waals surface area contributed by atoms with E-state index in [1.165, 1.54) is 32.2 Å². The van der Waals surface area contributed by atoms with Gasteiger partial charge >= 0.3 is 6.61 Å². The summed E-state index contributed by atoms with van der Waals surface area (Å²) in [6.45, 7) is 1.50. The number of hydrogen-bond donors (Lipinski definition) is 1. The first-order valence-corrected chi connectivity index (χ1v) is 8.18. The van der Waals surface area contributed by atoms with Crippen molar-refractivity contribution in [3.8, 4) is 5.75 Å². The van der Waals surface area contributed by atoms with Crippen LogP contribution >= 0.6 is 0 Å². The van der Waals surface area contributed by atoms with Gasteiger partial charge in [-0.05, 0) is 68.9 Å². The minimum Gasteiger partial charge on any atom is -0.435 e. The van der Waals surface area contributed by atoms with E-state index in [1.54, 1.807) is 12.1 Å². The van der Waals surface area contributed by atoms with Crippen LogP contribution in [0.5, 0.6) is 5.75 Å². The standard InChI is InChI=1S/C17H24F2N2O/c18-17(19)22-16-5-3-14(4-6-16)12-21-9-7-15(8-10-21)20-11-13-1-2-13/h3-6,13,15,17,20H,1-2,7-12H2. The fourth-order valence-corrected chi connectivity index (χ4v) is 2.99. The molecule has 1 heterocycles. The predicted octanol–water partition coefficient (Wildman–Crippen LogP) is 3.25. The molecule has 3 rings (SSSR count). The van der Waals surface area contributed by atoms with Gasteiger partial charge in [0.05, 0.1) is 0 Å². The number of piperidine rings is 1. The third-order valence-corrected chi connectivity index (χ3v) is 4.53. The molecular formula is C17H24F2N2O. The quantitative estimate of drug-likeness (QED) is 0.836. The second kappa shape index (κ2) is 7.38. The molecule has 3 nitrogen and oxygen atoms in total. The van der Waals surface area contributed by atoms with Gasteiger partial charge in [0, 0.05) is 12.6 Å². The fourth-order valence-electron chi connectivity index (χ4n) is 2.99. The fraction of sp³-hybridized carbons (Fsp3) is 0.647. The van der Waals surface area contributed by atoms with Crippen LogP contribution in [0.25, 0.3) is 0 Å². The first-order chi connectivity index (χ1) is 10.7. The molecule has 0 spiro atoms. The van der Waals surface area contributed by atoms with Crippen molar-refractivity contribution >= 4 is 0 Å². The van der Waals surface area contributed by atoms with Crippen molar-refractivity contribution in [1.82, 2.24) is 10.2 Å². The molecule has 0 amide bonds. The van der Waals surface area contributed by atoms with Crippen molar-refractivity contribution < 1.29 is 13.5 Å². The van der Waals surface area contributed by atoms with E-state index in [2.05, 4.69) is 15.0 Å². The second-order valence-electron chi connectivity index (χ2n) is 6.42. The van der Waals surface area contributed by atoms with Gasteiger partial charge in [-0.15, -0.1) is 0 Å². The third kappa shape index (κ3) is 4.92. The van der Waals surface area contributed by atoms with Crippen molar-refractivity contribution in [3.05, 3.63) is 29.8 Å². The molecule has 1 aliphatic heterocycles. The summed E-state index contributed by atoms with van der Waals surface area (Å²) in [5, 5.41) is 3.68. The highest BCUT2D eigenvalue weighted by Crippen LogP contribution is 2.28. The maximum absolute atomic E-state index is 12.1. The highest BCUT2D eigenvalue weighted by Gasteiger charge is 2.24. The lowest BCUT2D eigenvalue weighted by molar-refractivity contribution is -0.0498. The molecule has 0 bridgehead atoms. The lowest BCUT2D eigenvalue weighted by atomic mass is 10.0. The van der Waals surface area contributed by atoms with Crippen molar-refractivity contribution in [1.29, 1.82) is 0 Å². The number of halogens is 2. The van der Waals surface area contributed by atoms with Gasteiger partial charge < -0.3 is 10.1 Å². The smallest absolute Gasteiger partial charge is 0.387 e. The van der Waals surface area contributed by atoms with Gasteiger partial charge in [0.15, 0.2) is 0 Å². The van der Waals surface area contributed by atoms with Crippen molar-refractivity contribution in [2.45, 2.75) is 44.9 Å². The molecule has 1 aromatic carbocycles. The van der Waals surface area contributed by atoms with Crippen LogP contribution in [0.3, 0.4) is 0 Å². The van der Waals surface area contributed by atoms with E-state index in [0.717, 1.165) is 31.1 Å². The summed E-state index contributed by atoms with van der Waals surface area (Å²) in [6.07, 6.45) is 5.19. The summed E-state index contributed by atoms with van der Waals surface area (Å²) < 4.78 is 28.6. The van der Waals surface area contributed by atoms with Crippen LogP contribution in [0.2, 0.25) is 0 Å². The molecule has 1 N–H and O–H groups in total. The highest BCUT2D eigenvalue weighted by atomic mass is 19.3. The molecule has 1 saturated heterocycles. The molecule has 1 aliphatic carbocycles. The predicted molar refractivity (Wildman–Crippen MR) is 82.1 cm³/mol. The normalized spacial score (nSPS) is 20.5. The molecule has 22 heavy (non-hydrogen) atoms. The molecular weight excluding hydrogens is 286 g/mol. The number of benzene rings is 1. The Morgan fingerprint density at radius 1 is 1.09 bits per heavy atom. The van der Waals surface area contributed by atoms with Crippen LogP contribution in [-0.4, -0.2) is 37.2 Å². The van der Waals surface area contributed by atoms with Crippen LogP contribution in [0.1, 0.15) is 31.2 Å². The Kier molecular flexibility index (Phi) is 5.26. The van der Waals surface area contributed by atoms with E-state index >= 15 is 0 Å². The van der Waals surface area contributed by atoms with Crippen LogP contribution in [-0.2, 0) is 6.54 Å². The largest absolute Gasteiger partial charge is 0.435 e. The summed E-state index contributed by atoms with van der Waals surface area (Å²) in [5.41, 5.74) is 1.14. The Labute approximate surface area is 130 Å². The average Bonchev–Trinajstić information content (AvgIpc) is 3.32. The molecule has 1 aromatic rings. The second-order valence-corrected chi connectivity index (χ2v) is 6.42. The Hall–Kier alpha value is -1.20. The van der Waals surface area contributed by atoms with Crippen molar-refractivity contribution in [3.63, 3.8) is 0 Å². The topological polar surface area (TPSA) is 24.5 Å². The maximum Gasteiger partial charge on any atom is 0.387 e. The number of likely N-dealkylation sites (tertiary alicyclic amines) is 1. The van der Waals surface area contributed by atoms with E-state index in [4.69, 9.17) is 0 Å². The zero-order valence-corrected chi connectivity index (χ0v) is 12.8. The Morgan fingerprint density at radius 3 is 2.36 bits per heavy atom. The van der Waals surface area contributed by atoms with E-state index in [1.807, 2.05) is 12.1 Å². The van der Waals surface area contributed by atoms with E-state index in [0.29, 0.717) is 6.04 Å². The molecule has 0 aromatic heterocycles. The van der Waals surface area contributed by atoms with Gasteiger partial charge in [0.25, 0.3) is 0 Å². The number of ether oxygens (including phenoxy) is 1.